The molecule has 0 fully saturated rings. The summed E-state index contributed by atoms with van der Waals surface area (Å²) in [5.74, 6) is -0.0395. The van der Waals surface area contributed by atoms with Crippen LogP contribution < -0.4 is 5.32 Å². The number of benzene rings is 1. The van der Waals surface area contributed by atoms with Crippen LogP contribution in [0.1, 0.15) is 19.4 Å². The SMILES string of the molecule is Cc1cccc(NC(=O)C(C)C)c1O. The molecule has 0 spiro atoms. The van der Waals surface area contributed by atoms with E-state index in [2.05, 4.69) is 5.32 Å². The molecule has 0 atom stereocenters. The van der Waals surface area contributed by atoms with Crippen molar-refractivity contribution in [3.05, 3.63) is 23.8 Å². The summed E-state index contributed by atoms with van der Waals surface area (Å²) >= 11 is 0. The number of phenolic OH excluding ortho intramolecular Hbond substituents is 1. The van der Waals surface area contributed by atoms with Gasteiger partial charge in [0.25, 0.3) is 0 Å². The van der Waals surface area contributed by atoms with Crippen LogP contribution in [-0.4, -0.2) is 11.0 Å². The Morgan fingerprint density at radius 2 is 2.07 bits per heavy atom. The van der Waals surface area contributed by atoms with Gasteiger partial charge in [0.2, 0.25) is 5.91 Å². The van der Waals surface area contributed by atoms with Gasteiger partial charge in [-0.1, -0.05) is 26.0 Å². The summed E-state index contributed by atoms with van der Waals surface area (Å²) in [6.07, 6.45) is 0. The molecule has 0 saturated heterocycles. The maximum absolute atomic E-state index is 11.4. The van der Waals surface area contributed by atoms with Crippen LogP contribution >= 0.6 is 0 Å². The average Bonchev–Trinajstić information content (AvgIpc) is 2.12. The van der Waals surface area contributed by atoms with Crippen molar-refractivity contribution in [3.63, 3.8) is 0 Å². The van der Waals surface area contributed by atoms with Crippen molar-refractivity contribution in [2.45, 2.75) is 20.8 Å². The Hall–Kier alpha value is -1.51. The van der Waals surface area contributed by atoms with Crippen LogP contribution in [0.4, 0.5) is 5.69 Å². The molecule has 3 heteroatoms. The number of hydrogen-bond acceptors (Lipinski definition) is 2. The maximum Gasteiger partial charge on any atom is 0.227 e. The van der Waals surface area contributed by atoms with Gasteiger partial charge in [0.05, 0.1) is 5.69 Å². The number of para-hydroxylation sites is 1. The monoisotopic (exact) mass is 193 g/mol. The van der Waals surface area contributed by atoms with E-state index in [1.54, 1.807) is 25.1 Å². The minimum atomic E-state index is -0.0918. The van der Waals surface area contributed by atoms with Crippen molar-refractivity contribution in [1.82, 2.24) is 0 Å². The third kappa shape index (κ3) is 2.25. The van der Waals surface area contributed by atoms with Gasteiger partial charge in [-0.2, -0.15) is 0 Å². The minimum Gasteiger partial charge on any atom is -0.505 e. The Bertz CT molecular complexity index is 345. The van der Waals surface area contributed by atoms with Gasteiger partial charge in [-0.15, -0.1) is 0 Å². The largest absolute Gasteiger partial charge is 0.505 e. The number of aromatic hydroxyl groups is 1. The molecule has 0 aliphatic carbocycles. The van der Waals surface area contributed by atoms with Crippen molar-refractivity contribution in [2.24, 2.45) is 5.92 Å². The Morgan fingerprint density at radius 1 is 1.43 bits per heavy atom. The number of carbonyl (C=O) groups excluding carboxylic acids is 1. The normalized spacial score (nSPS) is 10.3. The molecule has 3 nitrogen and oxygen atoms in total. The lowest BCUT2D eigenvalue weighted by molar-refractivity contribution is -0.118. The number of rotatable bonds is 2. The molecular weight excluding hydrogens is 178 g/mol. The lowest BCUT2D eigenvalue weighted by Gasteiger charge is -2.10. The number of phenols is 1. The molecule has 0 aliphatic rings. The van der Waals surface area contributed by atoms with Gasteiger partial charge in [-0.25, -0.2) is 0 Å². The Balaban J connectivity index is 2.87. The fourth-order valence-electron chi connectivity index (χ4n) is 1.04. The quantitative estimate of drug-likeness (QED) is 0.708. The highest BCUT2D eigenvalue weighted by Crippen LogP contribution is 2.26. The van der Waals surface area contributed by atoms with Crippen molar-refractivity contribution in [1.29, 1.82) is 0 Å². The Labute approximate surface area is 83.8 Å². The first-order chi connectivity index (χ1) is 6.52. The molecule has 0 bridgehead atoms. The smallest absolute Gasteiger partial charge is 0.227 e. The highest BCUT2D eigenvalue weighted by atomic mass is 16.3. The third-order valence-electron chi connectivity index (χ3n) is 2.02. The molecule has 76 valence electrons. The second-order valence-electron chi connectivity index (χ2n) is 3.62. The molecule has 1 aromatic rings. The minimum absolute atomic E-state index is 0.0880. The van der Waals surface area contributed by atoms with E-state index in [4.69, 9.17) is 0 Å². The molecule has 0 aromatic heterocycles. The van der Waals surface area contributed by atoms with Gasteiger partial charge in [-0.3, -0.25) is 4.79 Å². The van der Waals surface area contributed by atoms with Gasteiger partial charge in [0.15, 0.2) is 0 Å². The molecule has 1 amide bonds. The predicted octanol–water partition coefficient (Wildman–Crippen LogP) is 2.30. The number of nitrogens with one attached hydrogen (secondary N) is 1. The number of carbonyl (C=O) groups is 1. The first-order valence-corrected chi connectivity index (χ1v) is 4.62. The summed E-state index contributed by atoms with van der Waals surface area (Å²) in [6.45, 7) is 5.41. The van der Waals surface area contributed by atoms with Crippen molar-refractivity contribution in [2.75, 3.05) is 5.32 Å². The van der Waals surface area contributed by atoms with Gasteiger partial charge < -0.3 is 10.4 Å². The standard InChI is InChI=1S/C11H15NO2/c1-7(2)11(14)12-9-6-4-5-8(3)10(9)13/h4-7,13H,1-3H3,(H,12,14). The van der Waals surface area contributed by atoms with Gasteiger partial charge in [-0.05, 0) is 18.6 Å². The molecule has 0 radical (unpaired) electrons. The zero-order chi connectivity index (χ0) is 10.7. The maximum atomic E-state index is 11.4. The van der Waals surface area contributed by atoms with Crippen LogP contribution in [0.25, 0.3) is 0 Å². The summed E-state index contributed by atoms with van der Waals surface area (Å²) in [4.78, 5) is 11.4. The van der Waals surface area contributed by atoms with E-state index in [9.17, 15) is 9.90 Å². The highest BCUT2D eigenvalue weighted by Gasteiger charge is 2.10. The molecule has 14 heavy (non-hydrogen) atoms. The van der Waals surface area contributed by atoms with Crippen molar-refractivity contribution >= 4 is 11.6 Å². The second kappa shape index (κ2) is 4.13. The molecule has 0 aliphatic heterocycles. The number of aryl methyl sites for hydroxylation is 1. The number of amides is 1. The van der Waals surface area contributed by atoms with Crippen LogP contribution in [0.15, 0.2) is 18.2 Å². The zero-order valence-electron chi connectivity index (χ0n) is 8.66. The summed E-state index contributed by atoms with van der Waals surface area (Å²) in [5.41, 5.74) is 1.23. The third-order valence-corrected chi connectivity index (χ3v) is 2.02. The van der Waals surface area contributed by atoms with Gasteiger partial charge >= 0.3 is 0 Å². The van der Waals surface area contributed by atoms with E-state index in [0.29, 0.717) is 5.69 Å². The van der Waals surface area contributed by atoms with Crippen LogP contribution in [0.5, 0.6) is 5.75 Å². The van der Waals surface area contributed by atoms with E-state index in [1.165, 1.54) is 0 Å². The molecule has 1 rings (SSSR count). The molecule has 2 N–H and O–H groups in total. The molecular formula is C11H15NO2. The summed E-state index contributed by atoms with van der Waals surface area (Å²) in [5, 5.41) is 12.3. The van der Waals surface area contributed by atoms with Crippen molar-refractivity contribution < 1.29 is 9.90 Å². The fraction of sp³-hybridized carbons (Fsp3) is 0.364. The van der Waals surface area contributed by atoms with Gasteiger partial charge in [0.1, 0.15) is 5.75 Å². The summed E-state index contributed by atoms with van der Waals surface area (Å²) < 4.78 is 0. The highest BCUT2D eigenvalue weighted by molar-refractivity contribution is 5.93. The lowest BCUT2D eigenvalue weighted by Crippen LogP contribution is -2.17. The zero-order valence-corrected chi connectivity index (χ0v) is 8.66. The van der Waals surface area contributed by atoms with Crippen molar-refractivity contribution in [3.8, 4) is 5.75 Å². The molecule has 1 aromatic carbocycles. The van der Waals surface area contributed by atoms with E-state index < -0.39 is 0 Å². The number of hydrogen-bond donors (Lipinski definition) is 2. The number of anilines is 1. The molecule has 0 saturated carbocycles. The topological polar surface area (TPSA) is 49.3 Å². The van der Waals surface area contributed by atoms with E-state index in [1.807, 2.05) is 13.8 Å². The van der Waals surface area contributed by atoms with Crippen LogP contribution in [-0.2, 0) is 4.79 Å². The molecule has 0 heterocycles. The van der Waals surface area contributed by atoms with Crippen LogP contribution in [0.3, 0.4) is 0 Å². The lowest BCUT2D eigenvalue weighted by atomic mass is 10.1. The average molecular weight is 193 g/mol. The Morgan fingerprint density at radius 3 is 2.64 bits per heavy atom. The van der Waals surface area contributed by atoms with Crippen LogP contribution in [0, 0.1) is 12.8 Å². The van der Waals surface area contributed by atoms with E-state index in [-0.39, 0.29) is 17.6 Å². The van der Waals surface area contributed by atoms with E-state index in [0.717, 1.165) is 5.56 Å². The molecule has 0 unspecified atom stereocenters. The first-order valence-electron chi connectivity index (χ1n) is 4.62. The fourth-order valence-corrected chi connectivity index (χ4v) is 1.04. The summed E-state index contributed by atoms with van der Waals surface area (Å²) in [7, 11) is 0. The predicted molar refractivity (Wildman–Crippen MR) is 56.3 cm³/mol. The van der Waals surface area contributed by atoms with E-state index >= 15 is 0 Å². The second-order valence-corrected chi connectivity index (χ2v) is 3.62. The summed E-state index contributed by atoms with van der Waals surface area (Å²) in [6, 6.07) is 5.27. The first kappa shape index (κ1) is 10.6. The Kier molecular flexibility index (Phi) is 3.12. The van der Waals surface area contributed by atoms with Crippen LogP contribution in [0.2, 0.25) is 0 Å². The van der Waals surface area contributed by atoms with Gasteiger partial charge in [0, 0.05) is 5.92 Å².